The highest BCUT2D eigenvalue weighted by Crippen LogP contribution is 2.36. The summed E-state index contributed by atoms with van der Waals surface area (Å²) in [7, 11) is 0. The molecule has 0 spiro atoms. The van der Waals surface area contributed by atoms with E-state index in [0.29, 0.717) is 17.7 Å². The SMILES string of the molecule is FC(F)(F)c1cccc(Cc2ccc(Oc3ccccc3)cc2)c1Cl. The minimum atomic E-state index is -4.46. The van der Waals surface area contributed by atoms with Crippen molar-refractivity contribution in [3.8, 4) is 11.5 Å². The first-order chi connectivity index (χ1) is 11.9. The minimum absolute atomic E-state index is 0.250. The molecule has 0 aliphatic carbocycles. The van der Waals surface area contributed by atoms with Crippen LogP contribution in [0.4, 0.5) is 13.2 Å². The van der Waals surface area contributed by atoms with Gasteiger partial charge in [-0.3, -0.25) is 0 Å². The van der Waals surface area contributed by atoms with Crippen LogP contribution in [-0.2, 0) is 12.6 Å². The quantitative estimate of drug-likeness (QED) is 0.499. The van der Waals surface area contributed by atoms with Crippen LogP contribution in [-0.4, -0.2) is 0 Å². The zero-order valence-corrected chi connectivity index (χ0v) is 13.8. The van der Waals surface area contributed by atoms with Crippen LogP contribution in [0.2, 0.25) is 5.02 Å². The number of rotatable bonds is 4. The predicted octanol–water partition coefficient (Wildman–Crippen LogP) is 6.74. The lowest BCUT2D eigenvalue weighted by atomic mass is 10.0. The highest BCUT2D eigenvalue weighted by atomic mass is 35.5. The van der Waals surface area contributed by atoms with Crippen molar-refractivity contribution in [1.82, 2.24) is 0 Å². The molecule has 0 heterocycles. The van der Waals surface area contributed by atoms with Crippen molar-refractivity contribution in [2.24, 2.45) is 0 Å². The third-order valence-corrected chi connectivity index (χ3v) is 4.13. The molecule has 128 valence electrons. The third-order valence-electron chi connectivity index (χ3n) is 3.68. The van der Waals surface area contributed by atoms with Gasteiger partial charge in [0.05, 0.1) is 10.6 Å². The molecule has 3 aromatic carbocycles. The van der Waals surface area contributed by atoms with Crippen LogP contribution in [0.5, 0.6) is 11.5 Å². The van der Waals surface area contributed by atoms with Crippen molar-refractivity contribution in [2.45, 2.75) is 12.6 Å². The molecule has 0 amide bonds. The highest BCUT2D eigenvalue weighted by Gasteiger charge is 2.33. The second-order valence-electron chi connectivity index (χ2n) is 5.51. The van der Waals surface area contributed by atoms with Gasteiger partial charge in [-0.25, -0.2) is 0 Å². The van der Waals surface area contributed by atoms with E-state index in [4.69, 9.17) is 16.3 Å². The maximum atomic E-state index is 12.9. The van der Waals surface area contributed by atoms with E-state index in [9.17, 15) is 13.2 Å². The Kier molecular flexibility index (Phi) is 5.00. The van der Waals surface area contributed by atoms with Crippen molar-refractivity contribution in [3.63, 3.8) is 0 Å². The summed E-state index contributed by atoms with van der Waals surface area (Å²) in [4.78, 5) is 0. The van der Waals surface area contributed by atoms with E-state index in [2.05, 4.69) is 0 Å². The van der Waals surface area contributed by atoms with Crippen molar-refractivity contribution < 1.29 is 17.9 Å². The molecule has 0 aromatic heterocycles. The molecular formula is C20H14ClF3O. The van der Waals surface area contributed by atoms with Gasteiger partial charge in [-0.2, -0.15) is 13.2 Å². The standard InChI is InChI=1S/C20H14ClF3O/c21-19-15(5-4-8-18(19)20(22,23)24)13-14-9-11-17(12-10-14)25-16-6-2-1-3-7-16/h1-12H,13H2. The van der Waals surface area contributed by atoms with E-state index < -0.39 is 11.7 Å². The molecule has 3 aromatic rings. The topological polar surface area (TPSA) is 9.23 Å². The largest absolute Gasteiger partial charge is 0.457 e. The molecule has 0 aliphatic rings. The van der Waals surface area contributed by atoms with Gasteiger partial charge in [0.25, 0.3) is 0 Å². The van der Waals surface area contributed by atoms with Crippen molar-refractivity contribution in [2.75, 3.05) is 0 Å². The Morgan fingerprint density at radius 1 is 0.760 bits per heavy atom. The molecule has 0 unspecified atom stereocenters. The molecular weight excluding hydrogens is 349 g/mol. The van der Waals surface area contributed by atoms with Gasteiger partial charge in [-0.15, -0.1) is 0 Å². The zero-order valence-electron chi connectivity index (χ0n) is 13.1. The Morgan fingerprint density at radius 2 is 1.40 bits per heavy atom. The van der Waals surface area contributed by atoms with Gasteiger partial charge in [-0.1, -0.05) is 54.1 Å². The molecule has 25 heavy (non-hydrogen) atoms. The first-order valence-electron chi connectivity index (χ1n) is 7.60. The summed E-state index contributed by atoms with van der Waals surface area (Å²) in [6.45, 7) is 0. The second kappa shape index (κ2) is 7.19. The normalized spacial score (nSPS) is 11.4. The van der Waals surface area contributed by atoms with Crippen LogP contribution in [0, 0.1) is 0 Å². The molecule has 0 saturated heterocycles. The molecule has 0 radical (unpaired) electrons. The molecule has 0 N–H and O–H groups in total. The maximum absolute atomic E-state index is 12.9. The summed E-state index contributed by atoms with van der Waals surface area (Å²) < 4.78 is 44.5. The van der Waals surface area contributed by atoms with E-state index in [1.54, 1.807) is 18.2 Å². The lowest BCUT2D eigenvalue weighted by Gasteiger charge is -2.12. The molecule has 1 nitrogen and oxygen atoms in total. The van der Waals surface area contributed by atoms with Gasteiger partial charge in [0.1, 0.15) is 11.5 Å². The second-order valence-corrected chi connectivity index (χ2v) is 5.89. The van der Waals surface area contributed by atoms with Crippen LogP contribution in [0.15, 0.2) is 72.8 Å². The van der Waals surface area contributed by atoms with Crippen LogP contribution in [0.25, 0.3) is 0 Å². The molecule has 0 atom stereocenters. The molecule has 0 fully saturated rings. The summed E-state index contributed by atoms with van der Waals surface area (Å²) in [5, 5.41) is -0.250. The number of hydrogen-bond acceptors (Lipinski definition) is 1. The monoisotopic (exact) mass is 362 g/mol. The van der Waals surface area contributed by atoms with Gasteiger partial charge >= 0.3 is 6.18 Å². The Morgan fingerprint density at radius 3 is 2.04 bits per heavy atom. The first kappa shape index (κ1) is 17.4. The fourth-order valence-corrected chi connectivity index (χ4v) is 2.76. The Hall–Kier alpha value is -2.46. The summed E-state index contributed by atoms with van der Waals surface area (Å²) in [6, 6.07) is 20.5. The third kappa shape index (κ3) is 4.34. The van der Waals surface area contributed by atoms with Crippen LogP contribution in [0.3, 0.4) is 0 Å². The van der Waals surface area contributed by atoms with Crippen molar-refractivity contribution >= 4 is 11.6 Å². The maximum Gasteiger partial charge on any atom is 0.417 e. The van der Waals surface area contributed by atoms with E-state index in [0.717, 1.165) is 17.4 Å². The highest BCUT2D eigenvalue weighted by molar-refractivity contribution is 6.32. The summed E-state index contributed by atoms with van der Waals surface area (Å²) >= 11 is 5.94. The van der Waals surface area contributed by atoms with Crippen molar-refractivity contribution in [3.05, 3.63) is 94.5 Å². The number of ether oxygens (including phenoxy) is 1. The predicted molar refractivity (Wildman–Crippen MR) is 92.2 cm³/mol. The molecule has 5 heteroatoms. The summed E-state index contributed by atoms with van der Waals surface area (Å²) in [5.41, 5.74) is 0.477. The number of para-hydroxylation sites is 1. The van der Waals surface area contributed by atoms with Crippen molar-refractivity contribution in [1.29, 1.82) is 0 Å². The van der Waals surface area contributed by atoms with E-state index in [1.165, 1.54) is 6.07 Å². The summed E-state index contributed by atoms with van der Waals surface area (Å²) in [5.74, 6) is 1.38. The van der Waals surface area contributed by atoms with Gasteiger partial charge in [0, 0.05) is 0 Å². The number of hydrogen-bond donors (Lipinski definition) is 0. The average molecular weight is 363 g/mol. The lowest BCUT2D eigenvalue weighted by Crippen LogP contribution is -2.07. The molecule has 0 saturated carbocycles. The number of halogens is 4. The van der Waals surface area contributed by atoms with Gasteiger partial charge in [0.15, 0.2) is 0 Å². The number of benzene rings is 3. The molecule has 0 aliphatic heterocycles. The lowest BCUT2D eigenvalue weighted by molar-refractivity contribution is -0.137. The van der Waals surface area contributed by atoms with E-state index >= 15 is 0 Å². The van der Waals surface area contributed by atoms with E-state index in [1.807, 2.05) is 42.5 Å². The van der Waals surface area contributed by atoms with E-state index in [-0.39, 0.29) is 5.02 Å². The van der Waals surface area contributed by atoms with Crippen LogP contribution >= 0.6 is 11.6 Å². The first-order valence-corrected chi connectivity index (χ1v) is 7.98. The fourth-order valence-electron chi connectivity index (χ4n) is 2.46. The number of alkyl halides is 3. The van der Waals surface area contributed by atoms with Gasteiger partial charge < -0.3 is 4.74 Å². The Labute approximate surface area is 148 Å². The average Bonchev–Trinajstić information content (AvgIpc) is 2.58. The van der Waals surface area contributed by atoms with Crippen LogP contribution < -0.4 is 4.74 Å². The van der Waals surface area contributed by atoms with Gasteiger partial charge in [0.2, 0.25) is 0 Å². The zero-order chi connectivity index (χ0) is 17.9. The Bertz CT molecular complexity index is 843. The minimum Gasteiger partial charge on any atom is -0.457 e. The van der Waals surface area contributed by atoms with Crippen LogP contribution in [0.1, 0.15) is 16.7 Å². The molecule has 0 bridgehead atoms. The smallest absolute Gasteiger partial charge is 0.417 e. The van der Waals surface area contributed by atoms with Gasteiger partial charge in [-0.05, 0) is 47.9 Å². The molecule has 3 rings (SSSR count). The Balaban J connectivity index is 1.76. The fraction of sp³-hybridized carbons (Fsp3) is 0.100. The summed E-state index contributed by atoms with van der Waals surface area (Å²) in [6.07, 6.45) is -4.14.